The molecule has 1 aromatic heterocycles. The van der Waals surface area contributed by atoms with E-state index in [1.807, 2.05) is 0 Å². The number of thiocarbonyl (C=S) groups is 1. The molecule has 160 valence electrons. The lowest BCUT2D eigenvalue weighted by molar-refractivity contribution is -0.384. The normalized spacial score (nSPS) is 14.9. The summed E-state index contributed by atoms with van der Waals surface area (Å²) in [5, 5.41) is 20.2. The van der Waals surface area contributed by atoms with Crippen molar-refractivity contribution in [2.24, 2.45) is 0 Å². The van der Waals surface area contributed by atoms with E-state index < -0.39 is 16.8 Å². The van der Waals surface area contributed by atoms with E-state index in [0.29, 0.717) is 22.1 Å². The molecule has 0 atom stereocenters. The van der Waals surface area contributed by atoms with E-state index in [9.17, 15) is 19.7 Å². The van der Waals surface area contributed by atoms with Crippen molar-refractivity contribution in [1.82, 2.24) is 0 Å². The van der Waals surface area contributed by atoms with Crippen LogP contribution in [0.2, 0.25) is 0 Å². The molecule has 2 aromatic carbocycles. The van der Waals surface area contributed by atoms with Crippen LogP contribution in [0.5, 0.6) is 0 Å². The van der Waals surface area contributed by atoms with Gasteiger partial charge in [-0.2, -0.15) is 0 Å². The van der Waals surface area contributed by atoms with Gasteiger partial charge in [-0.25, -0.2) is 4.79 Å². The van der Waals surface area contributed by atoms with Gasteiger partial charge < -0.3 is 9.52 Å². The largest absolute Gasteiger partial charge is 0.478 e. The first kappa shape index (κ1) is 21.5. The van der Waals surface area contributed by atoms with Gasteiger partial charge in [-0.05, 0) is 42.8 Å². The Balaban J connectivity index is 1.61. The summed E-state index contributed by atoms with van der Waals surface area (Å²) in [4.78, 5) is 36.1. The van der Waals surface area contributed by atoms with E-state index in [1.165, 1.54) is 29.2 Å². The number of non-ortho nitro benzene ring substituents is 1. The number of aromatic carboxylic acids is 1. The van der Waals surface area contributed by atoms with Crippen molar-refractivity contribution < 1.29 is 24.0 Å². The highest BCUT2D eigenvalue weighted by Gasteiger charge is 2.34. The lowest BCUT2D eigenvalue weighted by Gasteiger charge is -2.13. The van der Waals surface area contributed by atoms with Crippen molar-refractivity contribution in [2.45, 2.75) is 6.92 Å². The number of thioether (sulfide) groups is 1. The number of furan rings is 1. The summed E-state index contributed by atoms with van der Waals surface area (Å²) in [6.07, 6.45) is 1.56. The molecule has 0 unspecified atom stereocenters. The van der Waals surface area contributed by atoms with Crippen LogP contribution in [-0.4, -0.2) is 26.2 Å². The van der Waals surface area contributed by atoms with E-state index in [2.05, 4.69) is 0 Å². The summed E-state index contributed by atoms with van der Waals surface area (Å²) in [6, 6.07) is 13.9. The number of hydrogen-bond donors (Lipinski definition) is 1. The monoisotopic (exact) mass is 466 g/mol. The van der Waals surface area contributed by atoms with Gasteiger partial charge in [-0.3, -0.25) is 19.8 Å². The van der Waals surface area contributed by atoms with Crippen LogP contribution in [0.3, 0.4) is 0 Å². The fraction of sp³-hybridized carbons (Fsp3) is 0.0455. The van der Waals surface area contributed by atoms with Gasteiger partial charge in [0, 0.05) is 23.8 Å². The standard InChI is InChI=1S/C22H14N2O6S2/c1-12-9-13(21(26)27)5-7-17(12)18-8-6-16(30-18)11-19-20(25)23(22(31)32-19)14-3-2-4-15(10-14)24(28)29/h2-11H,1H3,(H,26,27)/b19-11+. The molecule has 10 heteroatoms. The molecule has 0 radical (unpaired) electrons. The third-order valence-corrected chi connectivity index (χ3v) is 6.03. The van der Waals surface area contributed by atoms with Crippen LogP contribution >= 0.6 is 24.0 Å². The van der Waals surface area contributed by atoms with Crippen LogP contribution < -0.4 is 4.90 Å². The minimum atomic E-state index is -1.01. The maximum atomic E-state index is 12.9. The van der Waals surface area contributed by atoms with E-state index in [0.717, 1.165) is 22.9 Å². The highest BCUT2D eigenvalue weighted by Crippen LogP contribution is 2.37. The van der Waals surface area contributed by atoms with Crippen LogP contribution in [0, 0.1) is 17.0 Å². The molecule has 0 spiro atoms. The number of nitrogens with zero attached hydrogens (tertiary/aromatic N) is 2. The minimum absolute atomic E-state index is 0.138. The first-order valence-electron chi connectivity index (χ1n) is 9.21. The number of aryl methyl sites for hydroxylation is 1. The second-order valence-electron chi connectivity index (χ2n) is 6.83. The fourth-order valence-electron chi connectivity index (χ4n) is 3.21. The van der Waals surface area contributed by atoms with Crippen LogP contribution in [0.1, 0.15) is 21.7 Å². The molecule has 1 fully saturated rings. The van der Waals surface area contributed by atoms with E-state index in [4.69, 9.17) is 21.7 Å². The molecular weight excluding hydrogens is 452 g/mol. The molecule has 32 heavy (non-hydrogen) atoms. The van der Waals surface area contributed by atoms with Crippen LogP contribution in [0.4, 0.5) is 11.4 Å². The van der Waals surface area contributed by atoms with Gasteiger partial charge in [0.25, 0.3) is 11.6 Å². The SMILES string of the molecule is Cc1cc(C(=O)O)ccc1-c1ccc(/C=C2/SC(=S)N(c3cccc([N+](=O)[O-])c3)C2=O)o1. The summed E-state index contributed by atoms with van der Waals surface area (Å²) >= 11 is 6.39. The summed E-state index contributed by atoms with van der Waals surface area (Å²) in [5.41, 5.74) is 1.84. The van der Waals surface area contributed by atoms with Crippen molar-refractivity contribution in [3.63, 3.8) is 0 Å². The molecule has 0 saturated carbocycles. The number of benzene rings is 2. The predicted octanol–water partition coefficient (Wildman–Crippen LogP) is 5.27. The molecule has 1 amide bonds. The van der Waals surface area contributed by atoms with Crippen molar-refractivity contribution in [3.05, 3.63) is 86.5 Å². The zero-order valence-electron chi connectivity index (χ0n) is 16.5. The number of rotatable bonds is 5. The summed E-state index contributed by atoms with van der Waals surface area (Å²) < 4.78 is 6.11. The first-order chi connectivity index (χ1) is 15.2. The van der Waals surface area contributed by atoms with Gasteiger partial charge in [0.1, 0.15) is 11.5 Å². The Morgan fingerprint density at radius 2 is 2.00 bits per heavy atom. The number of nitro groups is 1. The van der Waals surface area contributed by atoms with Crippen LogP contribution in [-0.2, 0) is 4.79 Å². The number of hydrogen-bond acceptors (Lipinski definition) is 7. The van der Waals surface area contributed by atoms with Crippen LogP contribution in [0.15, 0.2) is 63.9 Å². The molecule has 1 aliphatic rings. The van der Waals surface area contributed by atoms with Gasteiger partial charge >= 0.3 is 5.97 Å². The molecule has 1 aliphatic heterocycles. The smallest absolute Gasteiger partial charge is 0.335 e. The maximum absolute atomic E-state index is 12.9. The van der Waals surface area contributed by atoms with Gasteiger partial charge in [-0.1, -0.05) is 36.1 Å². The number of carboxylic acids is 1. The second-order valence-corrected chi connectivity index (χ2v) is 8.51. The van der Waals surface area contributed by atoms with Crippen molar-refractivity contribution >= 4 is 57.6 Å². The minimum Gasteiger partial charge on any atom is -0.478 e. The number of nitro benzene ring substituents is 1. The predicted molar refractivity (Wildman–Crippen MR) is 125 cm³/mol. The number of carboxylic acid groups (broad SMARTS) is 1. The highest BCUT2D eigenvalue weighted by atomic mass is 32.2. The molecule has 2 heterocycles. The third-order valence-electron chi connectivity index (χ3n) is 4.73. The zero-order chi connectivity index (χ0) is 23.0. The second kappa shape index (κ2) is 8.40. The fourth-order valence-corrected chi connectivity index (χ4v) is 4.49. The lowest BCUT2D eigenvalue weighted by atomic mass is 10.0. The zero-order valence-corrected chi connectivity index (χ0v) is 18.1. The Kier molecular flexibility index (Phi) is 5.64. The average Bonchev–Trinajstić information content (AvgIpc) is 3.32. The van der Waals surface area contributed by atoms with Crippen molar-refractivity contribution in [2.75, 3.05) is 4.90 Å². The number of carbonyl (C=O) groups is 2. The van der Waals surface area contributed by atoms with E-state index in [-0.39, 0.29) is 15.6 Å². The number of anilines is 1. The van der Waals surface area contributed by atoms with Gasteiger partial charge in [0.2, 0.25) is 0 Å². The molecular formula is C22H14N2O6S2. The van der Waals surface area contributed by atoms with Gasteiger partial charge in [-0.15, -0.1) is 0 Å². The highest BCUT2D eigenvalue weighted by molar-refractivity contribution is 8.27. The Labute approximate surface area is 191 Å². The Morgan fingerprint density at radius 1 is 1.22 bits per heavy atom. The summed E-state index contributed by atoms with van der Waals surface area (Å²) in [7, 11) is 0. The van der Waals surface area contributed by atoms with E-state index in [1.54, 1.807) is 43.3 Å². The summed E-state index contributed by atoms with van der Waals surface area (Å²) in [6.45, 7) is 1.79. The van der Waals surface area contributed by atoms with Crippen LogP contribution in [0.25, 0.3) is 17.4 Å². The van der Waals surface area contributed by atoms with Gasteiger partial charge in [0.05, 0.1) is 21.1 Å². The van der Waals surface area contributed by atoms with Gasteiger partial charge in [0.15, 0.2) is 4.32 Å². The number of carbonyl (C=O) groups excluding carboxylic acids is 1. The third kappa shape index (κ3) is 4.05. The van der Waals surface area contributed by atoms with E-state index >= 15 is 0 Å². The Morgan fingerprint density at radius 3 is 2.69 bits per heavy atom. The molecule has 3 aromatic rings. The van der Waals surface area contributed by atoms with Crippen molar-refractivity contribution in [1.29, 1.82) is 0 Å². The molecule has 4 rings (SSSR count). The lowest BCUT2D eigenvalue weighted by Crippen LogP contribution is -2.27. The average molecular weight is 466 g/mol. The Bertz CT molecular complexity index is 1330. The quantitative estimate of drug-likeness (QED) is 0.234. The Hall–Kier alpha value is -3.76. The summed E-state index contributed by atoms with van der Waals surface area (Å²) in [5.74, 6) is -0.466. The number of amides is 1. The molecule has 1 saturated heterocycles. The molecule has 1 N–H and O–H groups in total. The molecule has 0 bridgehead atoms. The van der Waals surface area contributed by atoms with Crippen molar-refractivity contribution in [3.8, 4) is 11.3 Å². The molecule has 0 aliphatic carbocycles. The maximum Gasteiger partial charge on any atom is 0.335 e. The first-order valence-corrected chi connectivity index (χ1v) is 10.4. The topological polar surface area (TPSA) is 114 Å². The molecule has 8 nitrogen and oxygen atoms in total.